The van der Waals surface area contributed by atoms with Gasteiger partial charge in [-0.05, 0) is 35.4 Å². The number of benzene rings is 3. The van der Waals surface area contributed by atoms with E-state index in [-0.39, 0.29) is 0 Å². The Labute approximate surface area is 161 Å². The van der Waals surface area contributed by atoms with Crippen LogP contribution >= 0.6 is 11.6 Å². The van der Waals surface area contributed by atoms with Crippen LogP contribution in [-0.2, 0) is 10.4 Å². The van der Waals surface area contributed by atoms with E-state index < -0.39 is 11.5 Å². The number of methoxy groups -OCH3 is 1. The predicted molar refractivity (Wildman–Crippen MR) is 103 cm³/mol. The maximum Gasteiger partial charge on any atom is 0.258 e. The summed E-state index contributed by atoms with van der Waals surface area (Å²) in [5.41, 5.74) is 4.30. The Morgan fingerprint density at radius 1 is 0.963 bits per heavy atom. The van der Waals surface area contributed by atoms with E-state index in [1.807, 2.05) is 0 Å². The summed E-state index contributed by atoms with van der Waals surface area (Å²) in [7, 11) is 1.55. The maximum absolute atomic E-state index is 12.0. The molecule has 0 bridgehead atoms. The second-order valence-electron chi connectivity index (χ2n) is 5.86. The van der Waals surface area contributed by atoms with Crippen molar-refractivity contribution in [2.24, 2.45) is 5.73 Å². The zero-order chi connectivity index (χ0) is 19.4. The molecule has 0 saturated heterocycles. The zero-order valence-corrected chi connectivity index (χ0v) is 15.3. The van der Waals surface area contributed by atoms with Crippen molar-refractivity contribution in [1.82, 2.24) is 0 Å². The third-order valence-corrected chi connectivity index (χ3v) is 4.48. The van der Waals surface area contributed by atoms with Crippen LogP contribution in [0.15, 0.2) is 72.8 Å². The first-order chi connectivity index (χ1) is 12.9. The van der Waals surface area contributed by atoms with E-state index in [2.05, 4.69) is 0 Å². The van der Waals surface area contributed by atoms with E-state index >= 15 is 0 Å². The average Bonchev–Trinajstić information content (AvgIpc) is 2.70. The number of ether oxygens (including phenoxy) is 2. The second kappa shape index (κ2) is 7.70. The van der Waals surface area contributed by atoms with Crippen LogP contribution in [0, 0.1) is 0 Å². The number of amides is 1. The summed E-state index contributed by atoms with van der Waals surface area (Å²) in [5, 5.41) is 11.4. The van der Waals surface area contributed by atoms with Gasteiger partial charge in [0.2, 0.25) is 0 Å². The van der Waals surface area contributed by atoms with Crippen molar-refractivity contribution in [3.8, 4) is 17.2 Å². The van der Waals surface area contributed by atoms with E-state index in [0.29, 0.717) is 33.4 Å². The van der Waals surface area contributed by atoms with Crippen molar-refractivity contribution in [3.63, 3.8) is 0 Å². The minimum absolute atomic E-state index is 0.342. The van der Waals surface area contributed by atoms with Crippen molar-refractivity contribution < 1.29 is 19.4 Å². The standard InChI is InChI=1S/C21H18ClNO4/c1-26-17-11-12-19(18(22)13-17)27-16-9-7-15(8-10-16)21(25,20(23)24)14-5-3-2-4-6-14/h2-13,25H,1H3,(H2,23,24). The lowest BCUT2D eigenvalue weighted by molar-refractivity contribution is -0.133. The minimum Gasteiger partial charge on any atom is -0.497 e. The fraction of sp³-hybridized carbons (Fsp3) is 0.0952. The van der Waals surface area contributed by atoms with Crippen LogP contribution in [0.4, 0.5) is 0 Å². The van der Waals surface area contributed by atoms with Gasteiger partial charge in [-0.15, -0.1) is 0 Å². The molecule has 0 aromatic heterocycles. The van der Waals surface area contributed by atoms with Crippen LogP contribution in [0.1, 0.15) is 11.1 Å². The molecule has 138 valence electrons. The topological polar surface area (TPSA) is 81.8 Å². The number of aliphatic hydroxyl groups is 1. The van der Waals surface area contributed by atoms with E-state index in [4.69, 9.17) is 26.8 Å². The van der Waals surface area contributed by atoms with E-state index in [0.717, 1.165) is 0 Å². The van der Waals surface area contributed by atoms with Gasteiger partial charge >= 0.3 is 0 Å². The molecule has 1 unspecified atom stereocenters. The summed E-state index contributed by atoms with van der Waals surface area (Å²) in [6, 6.07) is 20.1. The lowest BCUT2D eigenvalue weighted by atomic mass is 9.86. The second-order valence-corrected chi connectivity index (χ2v) is 6.27. The molecule has 27 heavy (non-hydrogen) atoms. The molecular weight excluding hydrogens is 366 g/mol. The fourth-order valence-electron chi connectivity index (χ4n) is 2.71. The fourth-order valence-corrected chi connectivity index (χ4v) is 2.92. The number of carbonyl (C=O) groups is 1. The highest BCUT2D eigenvalue weighted by atomic mass is 35.5. The molecule has 0 radical (unpaired) electrons. The SMILES string of the molecule is COc1ccc(Oc2ccc(C(O)(C(N)=O)c3ccccc3)cc2)c(Cl)c1. The third kappa shape index (κ3) is 3.74. The summed E-state index contributed by atoms with van der Waals surface area (Å²) in [6.07, 6.45) is 0. The molecule has 1 amide bonds. The van der Waals surface area contributed by atoms with Crippen molar-refractivity contribution >= 4 is 17.5 Å². The van der Waals surface area contributed by atoms with Crippen LogP contribution in [0.25, 0.3) is 0 Å². The Hall–Kier alpha value is -3.02. The number of hydrogen-bond donors (Lipinski definition) is 2. The number of rotatable bonds is 6. The van der Waals surface area contributed by atoms with Gasteiger partial charge in [0.05, 0.1) is 12.1 Å². The van der Waals surface area contributed by atoms with Crippen molar-refractivity contribution in [1.29, 1.82) is 0 Å². The lowest BCUT2D eigenvalue weighted by Crippen LogP contribution is -2.42. The zero-order valence-electron chi connectivity index (χ0n) is 14.6. The van der Waals surface area contributed by atoms with Gasteiger partial charge in [0.15, 0.2) is 5.60 Å². The molecule has 5 nitrogen and oxygen atoms in total. The van der Waals surface area contributed by atoms with E-state index in [1.165, 1.54) is 0 Å². The van der Waals surface area contributed by atoms with Gasteiger partial charge in [-0.3, -0.25) is 4.79 Å². The molecule has 0 aliphatic carbocycles. The summed E-state index contributed by atoms with van der Waals surface area (Å²) in [6.45, 7) is 0. The highest BCUT2D eigenvalue weighted by Gasteiger charge is 2.38. The van der Waals surface area contributed by atoms with Gasteiger partial charge in [-0.1, -0.05) is 54.1 Å². The maximum atomic E-state index is 12.0. The Kier molecular flexibility index (Phi) is 5.35. The molecule has 0 spiro atoms. The summed E-state index contributed by atoms with van der Waals surface area (Å²) >= 11 is 6.18. The van der Waals surface area contributed by atoms with Gasteiger partial charge in [-0.25, -0.2) is 0 Å². The largest absolute Gasteiger partial charge is 0.497 e. The van der Waals surface area contributed by atoms with Gasteiger partial charge in [0.25, 0.3) is 5.91 Å². The Morgan fingerprint density at radius 3 is 2.11 bits per heavy atom. The van der Waals surface area contributed by atoms with Crippen LogP contribution in [-0.4, -0.2) is 18.1 Å². The summed E-state index contributed by atoms with van der Waals surface area (Å²) in [5.74, 6) is 0.710. The molecular formula is C21H18ClNO4. The molecule has 0 aliphatic heterocycles. The number of nitrogens with two attached hydrogens (primary N) is 1. The van der Waals surface area contributed by atoms with Crippen LogP contribution < -0.4 is 15.2 Å². The van der Waals surface area contributed by atoms with Gasteiger partial charge < -0.3 is 20.3 Å². The number of carbonyl (C=O) groups excluding carboxylic acids is 1. The molecule has 3 aromatic rings. The van der Waals surface area contributed by atoms with Crippen LogP contribution in [0.5, 0.6) is 17.2 Å². The summed E-state index contributed by atoms with van der Waals surface area (Å²) in [4.78, 5) is 12.0. The first-order valence-electron chi connectivity index (χ1n) is 8.15. The molecule has 3 aromatic carbocycles. The summed E-state index contributed by atoms with van der Waals surface area (Å²) < 4.78 is 10.9. The van der Waals surface area contributed by atoms with Crippen molar-refractivity contribution in [2.45, 2.75) is 5.60 Å². The molecule has 1 atom stereocenters. The molecule has 6 heteroatoms. The Balaban J connectivity index is 1.89. The molecule has 0 heterocycles. The van der Waals surface area contributed by atoms with Gasteiger partial charge in [0, 0.05) is 6.07 Å². The molecule has 3 rings (SSSR count). The van der Waals surface area contributed by atoms with E-state index in [9.17, 15) is 9.90 Å². The number of halogens is 1. The first kappa shape index (κ1) is 18.8. The normalized spacial score (nSPS) is 12.9. The molecule has 0 saturated carbocycles. The third-order valence-electron chi connectivity index (χ3n) is 4.19. The molecule has 0 fully saturated rings. The average molecular weight is 384 g/mol. The van der Waals surface area contributed by atoms with Gasteiger partial charge in [-0.2, -0.15) is 0 Å². The van der Waals surface area contributed by atoms with Crippen molar-refractivity contribution in [2.75, 3.05) is 7.11 Å². The monoisotopic (exact) mass is 383 g/mol. The Bertz CT molecular complexity index is 944. The predicted octanol–water partition coefficient (Wildman–Crippen LogP) is 3.86. The van der Waals surface area contributed by atoms with E-state index in [1.54, 1.807) is 79.9 Å². The number of primary amides is 1. The lowest BCUT2D eigenvalue weighted by Gasteiger charge is -2.25. The quantitative estimate of drug-likeness (QED) is 0.677. The van der Waals surface area contributed by atoms with Crippen molar-refractivity contribution in [3.05, 3.63) is 88.9 Å². The highest BCUT2D eigenvalue weighted by molar-refractivity contribution is 6.32. The molecule has 3 N–H and O–H groups in total. The minimum atomic E-state index is -1.93. The Morgan fingerprint density at radius 2 is 1.56 bits per heavy atom. The van der Waals surface area contributed by atoms with Crippen LogP contribution in [0.3, 0.4) is 0 Å². The highest BCUT2D eigenvalue weighted by Crippen LogP contribution is 2.34. The van der Waals surface area contributed by atoms with Crippen LogP contribution in [0.2, 0.25) is 5.02 Å². The number of hydrogen-bond acceptors (Lipinski definition) is 4. The smallest absolute Gasteiger partial charge is 0.258 e. The first-order valence-corrected chi connectivity index (χ1v) is 8.52. The van der Waals surface area contributed by atoms with Gasteiger partial charge in [0.1, 0.15) is 17.2 Å². The molecule has 0 aliphatic rings.